The molecule has 1 fully saturated rings. The van der Waals surface area contributed by atoms with E-state index in [9.17, 15) is 0 Å². The Morgan fingerprint density at radius 2 is 2.25 bits per heavy atom. The molecule has 0 radical (unpaired) electrons. The Morgan fingerprint density at radius 1 is 1.25 bits per heavy atom. The highest BCUT2D eigenvalue weighted by Gasteiger charge is 2.20. The van der Waals surface area contributed by atoms with Crippen molar-refractivity contribution in [3.63, 3.8) is 0 Å². The van der Waals surface area contributed by atoms with Crippen LogP contribution in [0.4, 0.5) is 0 Å². The standard InChI is InChI=1S/C15H20N4O/c1-2-6-16-13(4-1)10-19(11-14-5-3-9-20-14)12-15-17-7-8-18-15/h1-2,4,6-8,14H,3,5,9-12H2,(H,17,18). The summed E-state index contributed by atoms with van der Waals surface area (Å²) in [5.41, 5.74) is 1.08. The van der Waals surface area contributed by atoms with Gasteiger partial charge in [-0.2, -0.15) is 0 Å². The van der Waals surface area contributed by atoms with E-state index in [0.717, 1.165) is 44.2 Å². The quantitative estimate of drug-likeness (QED) is 0.873. The molecule has 0 amide bonds. The van der Waals surface area contributed by atoms with Gasteiger partial charge in [-0.1, -0.05) is 6.07 Å². The predicted octanol–water partition coefficient (Wildman–Crippen LogP) is 1.99. The minimum atomic E-state index is 0.341. The fraction of sp³-hybridized carbons (Fsp3) is 0.467. The first-order valence-electron chi connectivity index (χ1n) is 7.12. The lowest BCUT2D eigenvalue weighted by molar-refractivity contribution is 0.0666. The predicted molar refractivity (Wildman–Crippen MR) is 75.9 cm³/mol. The largest absolute Gasteiger partial charge is 0.377 e. The van der Waals surface area contributed by atoms with E-state index in [1.807, 2.05) is 24.5 Å². The zero-order valence-corrected chi connectivity index (χ0v) is 11.5. The molecule has 1 atom stereocenters. The minimum Gasteiger partial charge on any atom is -0.377 e. The van der Waals surface area contributed by atoms with Crippen molar-refractivity contribution in [1.29, 1.82) is 0 Å². The molecular formula is C15H20N4O. The van der Waals surface area contributed by atoms with Crippen LogP contribution in [0.5, 0.6) is 0 Å². The van der Waals surface area contributed by atoms with Crippen LogP contribution < -0.4 is 0 Å². The maximum absolute atomic E-state index is 5.75. The van der Waals surface area contributed by atoms with Crippen molar-refractivity contribution in [1.82, 2.24) is 19.9 Å². The van der Waals surface area contributed by atoms with Crippen LogP contribution in [0, 0.1) is 0 Å². The van der Waals surface area contributed by atoms with Gasteiger partial charge in [0.2, 0.25) is 0 Å². The van der Waals surface area contributed by atoms with Gasteiger partial charge in [0.25, 0.3) is 0 Å². The Balaban J connectivity index is 1.65. The third-order valence-corrected chi connectivity index (χ3v) is 3.53. The second kappa shape index (κ2) is 6.63. The number of nitrogens with one attached hydrogen (secondary N) is 1. The lowest BCUT2D eigenvalue weighted by Crippen LogP contribution is -2.32. The molecule has 0 saturated carbocycles. The number of hydrogen-bond donors (Lipinski definition) is 1. The van der Waals surface area contributed by atoms with Crippen LogP contribution in [0.25, 0.3) is 0 Å². The fourth-order valence-electron chi connectivity index (χ4n) is 2.58. The van der Waals surface area contributed by atoms with Gasteiger partial charge < -0.3 is 9.72 Å². The first-order chi connectivity index (χ1) is 9.90. The van der Waals surface area contributed by atoms with Crippen LogP contribution in [0.3, 0.4) is 0 Å². The van der Waals surface area contributed by atoms with Crippen molar-refractivity contribution in [2.45, 2.75) is 32.0 Å². The number of nitrogens with zero attached hydrogens (tertiary/aromatic N) is 3. The van der Waals surface area contributed by atoms with Gasteiger partial charge in [0, 0.05) is 38.3 Å². The van der Waals surface area contributed by atoms with Gasteiger partial charge in [-0.3, -0.25) is 9.88 Å². The third-order valence-electron chi connectivity index (χ3n) is 3.53. The van der Waals surface area contributed by atoms with Crippen molar-refractivity contribution in [3.05, 3.63) is 48.3 Å². The Labute approximate surface area is 119 Å². The van der Waals surface area contributed by atoms with Gasteiger partial charge in [0.15, 0.2) is 0 Å². The Morgan fingerprint density at radius 3 is 2.95 bits per heavy atom. The molecule has 1 aliphatic heterocycles. The number of aromatic amines is 1. The number of rotatable bonds is 6. The monoisotopic (exact) mass is 272 g/mol. The summed E-state index contributed by atoms with van der Waals surface area (Å²) in [6.45, 7) is 3.44. The fourth-order valence-corrected chi connectivity index (χ4v) is 2.58. The molecule has 106 valence electrons. The van der Waals surface area contributed by atoms with E-state index in [4.69, 9.17) is 4.74 Å². The van der Waals surface area contributed by atoms with E-state index >= 15 is 0 Å². The summed E-state index contributed by atoms with van der Waals surface area (Å²) in [4.78, 5) is 14.2. The molecule has 1 saturated heterocycles. The first kappa shape index (κ1) is 13.3. The van der Waals surface area contributed by atoms with Gasteiger partial charge in [-0.15, -0.1) is 0 Å². The van der Waals surface area contributed by atoms with Gasteiger partial charge >= 0.3 is 0 Å². The summed E-state index contributed by atoms with van der Waals surface area (Å²) in [5, 5.41) is 0. The van der Waals surface area contributed by atoms with E-state index in [0.29, 0.717) is 6.10 Å². The van der Waals surface area contributed by atoms with Gasteiger partial charge in [0.05, 0.1) is 18.3 Å². The Bertz CT molecular complexity index is 494. The molecule has 0 aliphatic carbocycles. The van der Waals surface area contributed by atoms with Gasteiger partial charge in [0.1, 0.15) is 5.82 Å². The second-order valence-corrected chi connectivity index (χ2v) is 5.16. The van der Waals surface area contributed by atoms with Crippen molar-refractivity contribution < 1.29 is 4.74 Å². The highest BCUT2D eigenvalue weighted by molar-refractivity contribution is 5.03. The lowest BCUT2D eigenvalue weighted by atomic mass is 10.2. The van der Waals surface area contributed by atoms with Crippen LogP contribution in [0.15, 0.2) is 36.8 Å². The van der Waals surface area contributed by atoms with E-state index in [2.05, 4.69) is 25.9 Å². The topological polar surface area (TPSA) is 54.0 Å². The van der Waals surface area contributed by atoms with Crippen molar-refractivity contribution >= 4 is 0 Å². The third kappa shape index (κ3) is 3.65. The molecule has 5 heteroatoms. The normalized spacial score (nSPS) is 18.8. The van der Waals surface area contributed by atoms with E-state index in [-0.39, 0.29) is 0 Å². The molecule has 1 N–H and O–H groups in total. The molecule has 3 heterocycles. The van der Waals surface area contributed by atoms with Crippen LogP contribution in [-0.4, -0.2) is 39.1 Å². The SMILES string of the molecule is c1ccc(CN(Cc2ncc[nH]2)CC2CCCO2)nc1. The lowest BCUT2D eigenvalue weighted by Gasteiger charge is -2.24. The van der Waals surface area contributed by atoms with Crippen LogP contribution >= 0.6 is 0 Å². The number of ether oxygens (including phenoxy) is 1. The Hall–Kier alpha value is -1.72. The molecule has 5 nitrogen and oxygen atoms in total. The summed E-state index contributed by atoms with van der Waals surface area (Å²) in [6, 6.07) is 6.03. The summed E-state index contributed by atoms with van der Waals surface area (Å²) < 4.78 is 5.75. The highest BCUT2D eigenvalue weighted by atomic mass is 16.5. The summed E-state index contributed by atoms with van der Waals surface area (Å²) in [7, 11) is 0. The molecule has 20 heavy (non-hydrogen) atoms. The summed E-state index contributed by atoms with van der Waals surface area (Å²) in [5.74, 6) is 0.985. The average Bonchev–Trinajstić information content (AvgIpc) is 3.13. The number of hydrogen-bond acceptors (Lipinski definition) is 4. The van der Waals surface area contributed by atoms with E-state index in [1.165, 1.54) is 6.42 Å². The van der Waals surface area contributed by atoms with Crippen molar-refractivity contribution in [2.75, 3.05) is 13.2 Å². The van der Waals surface area contributed by atoms with Crippen LogP contribution in [0.1, 0.15) is 24.4 Å². The zero-order chi connectivity index (χ0) is 13.6. The van der Waals surface area contributed by atoms with Crippen LogP contribution in [0.2, 0.25) is 0 Å². The molecule has 0 aromatic carbocycles. The zero-order valence-electron chi connectivity index (χ0n) is 11.5. The van der Waals surface area contributed by atoms with Gasteiger partial charge in [-0.25, -0.2) is 4.98 Å². The molecule has 0 spiro atoms. The van der Waals surface area contributed by atoms with E-state index < -0.39 is 0 Å². The molecule has 1 aliphatic rings. The second-order valence-electron chi connectivity index (χ2n) is 5.16. The number of pyridine rings is 1. The molecule has 1 unspecified atom stereocenters. The molecular weight excluding hydrogens is 252 g/mol. The minimum absolute atomic E-state index is 0.341. The number of H-pyrrole nitrogens is 1. The molecule has 2 aromatic rings. The van der Waals surface area contributed by atoms with Crippen molar-refractivity contribution in [2.24, 2.45) is 0 Å². The summed E-state index contributed by atoms with van der Waals surface area (Å²) >= 11 is 0. The summed E-state index contributed by atoms with van der Waals surface area (Å²) in [6.07, 6.45) is 8.15. The smallest absolute Gasteiger partial charge is 0.120 e. The maximum atomic E-state index is 5.75. The maximum Gasteiger partial charge on any atom is 0.120 e. The first-order valence-corrected chi connectivity index (χ1v) is 7.12. The number of imidazole rings is 1. The van der Waals surface area contributed by atoms with Crippen molar-refractivity contribution in [3.8, 4) is 0 Å². The van der Waals surface area contributed by atoms with Gasteiger partial charge in [-0.05, 0) is 25.0 Å². The molecule has 0 bridgehead atoms. The highest BCUT2D eigenvalue weighted by Crippen LogP contribution is 2.15. The molecule has 2 aromatic heterocycles. The number of aromatic nitrogens is 3. The Kier molecular flexibility index (Phi) is 4.40. The molecule has 3 rings (SSSR count). The van der Waals surface area contributed by atoms with E-state index in [1.54, 1.807) is 6.20 Å². The average molecular weight is 272 g/mol. The van der Waals surface area contributed by atoms with Crippen LogP contribution in [-0.2, 0) is 17.8 Å².